The van der Waals surface area contributed by atoms with E-state index in [1.807, 2.05) is 23.2 Å². The van der Waals surface area contributed by atoms with Crippen LogP contribution >= 0.6 is 0 Å². The minimum Gasteiger partial charge on any atom is -0.369 e. The summed E-state index contributed by atoms with van der Waals surface area (Å²) in [5, 5.41) is 0. The van der Waals surface area contributed by atoms with Crippen LogP contribution in [0.25, 0.3) is 0 Å². The third-order valence-corrected chi connectivity index (χ3v) is 4.31. The van der Waals surface area contributed by atoms with E-state index in [2.05, 4.69) is 19.9 Å². The van der Waals surface area contributed by atoms with Crippen molar-refractivity contribution in [2.24, 2.45) is 11.8 Å². The quantitative estimate of drug-likeness (QED) is 0.821. The van der Waals surface area contributed by atoms with Crippen molar-refractivity contribution in [2.75, 3.05) is 29.4 Å². The van der Waals surface area contributed by atoms with E-state index in [1.165, 1.54) is 6.33 Å². The Labute approximate surface area is 122 Å². The van der Waals surface area contributed by atoms with Crippen LogP contribution in [0.2, 0.25) is 0 Å². The van der Waals surface area contributed by atoms with E-state index in [0.717, 1.165) is 31.0 Å². The molecular weight excluding hydrogens is 266 g/mol. The summed E-state index contributed by atoms with van der Waals surface area (Å²) in [5.41, 5.74) is 1.89. The Kier molecular flexibility index (Phi) is 2.80. The van der Waals surface area contributed by atoms with Gasteiger partial charge < -0.3 is 9.80 Å². The first-order chi connectivity index (χ1) is 10.3. The molecule has 0 aromatic carbocycles. The molecule has 6 nitrogen and oxygen atoms in total. The fourth-order valence-electron chi connectivity index (χ4n) is 3.28. The summed E-state index contributed by atoms with van der Waals surface area (Å²) in [7, 11) is 0. The third-order valence-electron chi connectivity index (χ3n) is 4.31. The largest absolute Gasteiger partial charge is 0.369 e. The maximum Gasteiger partial charge on any atom is 0.232 e. The van der Waals surface area contributed by atoms with Gasteiger partial charge in [-0.1, -0.05) is 0 Å². The number of carbonyl (C=O) groups is 1. The van der Waals surface area contributed by atoms with Crippen molar-refractivity contribution in [1.29, 1.82) is 0 Å². The van der Waals surface area contributed by atoms with Crippen molar-refractivity contribution < 1.29 is 4.79 Å². The smallest absolute Gasteiger partial charge is 0.232 e. The van der Waals surface area contributed by atoms with Crippen molar-refractivity contribution >= 4 is 17.3 Å². The van der Waals surface area contributed by atoms with E-state index in [-0.39, 0.29) is 11.8 Å². The van der Waals surface area contributed by atoms with Crippen LogP contribution in [0.15, 0.2) is 43.2 Å². The number of hydrogen-bond acceptors (Lipinski definition) is 5. The number of hydrogen-bond donors (Lipinski definition) is 0. The van der Waals surface area contributed by atoms with Crippen molar-refractivity contribution in [3.63, 3.8) is 0 Å². The van der Waals surface area contributed by atoms with Crippen molar-refractivity contribution in [2.45, 2.75) is 0 Å². The van der Waals surface area contributed by atoms with Crippen molar-refractivity contribution in [1.82, 2.24) is 15.0 Å². The number of nitrogens with zero attached hydrogens (tertiary/aromatic N) is 5. The lowest BCUT2D eigenvalue weighted by Gasteiger charge is -2.22. The van der Waals surface area contributed by atoms with Gasteiger partial charge in [-0.25, -0.2) is 9.97 Å². The molecular formula is C15H15N5O. The number of carbonyl (C=O) groups excluding carboxylic acids is 1. The molecule has 2 aliphatic heterocycles. The molecule has 1 amide bonds. The molecule has 2 atom stereocenters. The Morgan fingerprint density at radius 2 is 1.81 bits per heavy atom. The van der Waals surface area contributed by atoms with Crippen molar-refractivity contribution in [3.8, 4) is 0 Å². The van der Waals surface area contributed by atoms with Gasteiger partial charge in [0.25, 0.3) is 0 Å². The summed E-state index contributed by atoms with van der Waals surface area (Å²) in [4.78, 5) is 28.8. The molecule has 106 valence electrons. The van der Waals surface area contributed by atoms with Crippen molar-refractivity contribution in [3.05, 3.63) is 43.2 Å². The monoisotopic (exact) mass is 281 g/mol. The van der Waals surface area contributed by atoms with Crippen LogP contribution in [-0.4, -0.2) is 40.5 Å². The summed E-state index contributed by atoms with van der Waals surface area (Å²) in [6.45, 7) is 2.40. The molecule has 2 aliphatic rings. The highest BCUT2D eigenvalue weighted by molar-refractivity contribution is 5.98. The molecule has 0 spiro atoms. The van der Waals surface area contributed by atoms with Gasteiger partial charge >= 0.3 is 0 Å². The highest BCUT2D eigenvalue weighted by Crippen LogP contribution is 2.36. The average Bonchev–Trinajstić information content (AvgIpc) is 3.09. The predicted molar refractivity (Wildman–Crippen MR) is 77.8 cm³/mol. The van der Waals surface area contributed by atoms with E-state index in [0.29, 0.717) is 5.92 Å². The molecule has 2 aromatic rings. The van der Waals surface area contributed by atoms with Crippen LogP contribution in [0.4, 0.5) is 11.4 Å². The van der Waals surface area contributed by atoms with Gasteiger partial charge in [0.15, 0.2) is 0 Å². The van der Waals surface area contributed by atoms with Gasteiger partial charge in [0.1, 0.15) is 6.33 Å². The molecule has 0 saturated carbocycles. The first kappa shape index (κ1) is 12.3. The Morgan fingerprint density at radius 3 is 2.52 bits per heavy atom. The SMILES string of the molecule is O=C1[C@@H]2CN(c3cccnc3)C[C@@H]2CN1c1cncnc1. The summed E-state index contributed by atoms with van der Waals surface area (Å²) in [6, 6.07) is 3.97. The first-order valence-electron chi connectivity index (χ1n) is 7.04. The Morgan fingerprint density at radius 1 is 1.00 bits per heavy atom. The molecule has 2 fully saturated rings. The summed E-state index contributed by atoms with van der Waals surface area (Å²) in [6.07, 6.45) is 8.50. The van der Waals surface area contributed by atoms with Gasteiger partial charge in [-0.15, -0.1) is 0 Å². The van der Waals surface area contributed by atoms with Crippen LogP contribution in [-0.2, 0) is 4.79 Å². The summed E-state index contributed by atoms with van der Waals surface area (Å²) < 4.78 is 0. The second-order valence-corrected chi connectivity index (χ2v) is 5.53. The molecule has 0 unspecified atom stereocenters. The molecule has 2 saturated heterocycles. The Hall–Kier alpha value is -2.50. The lowest BCUT2D eigenvalue weighted by molar-refractivity contribution is -0.120. The zero-order valence-corrected chi connectivity index (χ0v) is 11.5. The van der Waals surface area contributed by atoms with Crippen LogP contribution in [0, 0.1) is 11.8 Å². The lowest BCUT2D eigenvalue weighted by Crippen LogP contribution is -2.32. The van der Waals surface area contributed by atoms with Crippen LogP contribution in [0.3, 0.4) is 0 Å². The predicted octanol–water partition coefficient (Wildman–Crippen LogP) is 0.971. The number of fused-ring (bicyclic) bond motifs is 1. The lowest BCUT2D eigenvalue weighted by atomic mass is 10.0. The number of anilines is 2. The van der Waals surface area contributed by atoms with E-state index < -0.39 is 0 Å². The molecule has 4 heterocycles. The van der Waals surface area contributed by atoms with Gasteiger partial charge in [0, 0.05) is 31.7 Å². The molecule has 6 heteroatoms. The van der Waals surface area contributed by atoms with Gasteiger partial charge in [-0.3, -0.25) is 9.78 Å². The zero-order chi connectivity index (χ0) is 14.2. The van der Waals surface area contributed by atoms with E-state index >= 15 is 0 Å². The van der Waals surface area contributed by atoms with Crippen LogP contribution in [0.1, 0.15) is 0 Å². The first-order valence-corrected chi connectivity index (χ1v) is 7.04. The van der Waals surface area contributed by atoms with Gasteiger partial charge in [-0.2, -0.15) is 0 Å². The standard InChI is InChI=1S/C15H15N5O/c21-15-14-9-19(12-2-1-3-16-4-12)7-11(14)8-20(15)13-5-17-10-18-6-13/h1-6,10-11,14H,7-9H2/t11-,14-/m1/s1. The maximum atomic E-state index is 12.6. The Bertz CT molecular complexity index is 648. The average molecular weight is 281 g/mol. The zero-order valence-electron chi connectivity index (χ0n) is 11.5. The molecule has 0 bridgehead atoms. The second-order valence-electron chi connectivity index (χ2n) is 5.53. The fraction of sp³-hybridized carbons (Fsp3) is 0.333. The molecule has 2 aromatic heterocycles. The number of rotatable bonds is 2. The summed E-state index contributed by atoms with van der Waals surface area (Å²) in [5.74, 6) is 0.601. The van der Waals surface area contributed by atoms with E-state index in [4.69, 9.17) is 0 Å². The molecule has 4 rings (SSSR count). The number of aromatic nitrogens is 3. The third kappa shape index (κ3) is 2.03. The van der Waals surface area contributed by atoms with Gasteiger partial charge in [0.2, 0.25) is 5.91 Å². The summed E-state index contributed by atoms with van der Waals surface area (Å²) >= 11 is 0. The van der Waals surface area contributed by atoms with Crippen LogP contribution in [0.5, 0.6) is 0 Å². The molecule has 0 radical (unpaired) electrons. The number of pyridine rings is 1. The highest BCUT2D eigenvalue weighted by atomic mass is 16.2. The topological polar surface area (TPSA) is 62.2 Å². The van der Waals surface area contributed by atoms with E-state index in [9.17, 15) is 4.79 Å². The molecule has 0 aliphatic carbocycles. The van der Waals surface area contributed by atoms with Gasteiger partial charge in [0.05, 0.1) is 35.9 Å². The minimum atomic E-state index is 0.0606. The van der Waals surface area contributed by atoms with Gasteiger partial charge in [-0.05, 0) is 12.1 Å². The second kappa shape index (κ2) is 4.80. The van der Waals surface area contributed by atoms with Crippen LogP contribution < -0.4 is 9.80 Å². The number of amides is 1. The normalized spacial score (nSPS) is 24.5. The maximum absolute atomic E-state index is 12.6. The highest BCUT2D eigenvalue weighted by Gasteiger charge is 2.46. The van der Waals surface area contributed by atoms with E-state index in [1.54, 1.807) is 18.6 Å². The Balaban J connectivity index is 1.53. The fourth-order valence-corrected chi connectivity index (χ4v) is 3.28. The molecule has 0 N–H and O–H groups in total. The minimum absolute atomic E-state index is 0.0606. The molecule has 21 heavy (non-hydrogen) atoms.